The van der Waals surface area contributed by atoms with Crippen molar-refractivity contribution in [2.24, 2.45) is 0 Å². The number of nitrogens with one attached hydrogen (secondary N) is 2. The predicted molar refractivity (Wildman–Crippen MR) is 188 cm³/mol. The number of aromatic amines is 2. The molecule has 49 heavy (non-hydrogen) atoms. The number of rotatable bonds is 10. The lowest BCUT2D eigenvalue weighted by molar-refractivity contribution is -0.138. The molecule has 3 aromatic heterocycles. The maximum Gasteiger partial charge on any atom is 0.340 e. The van der Waals surface area contributed by atoms with Gasteiger partial charge in [-0.1, -0.05) is 20.8 Å². The van der Waals surface area contributed by atoms with Crippen molar-refractivity contribution in [3.8, 4) is 0 Å². The van der Waals surface area contributed by atoms with Crippen LogP contribution in [0.5, 0.6) is 0 Å². The van der Waals surface area contributed by atoms with Gasteiger partial charge >= 0.3 is 17.9 Å². The van der Waals surface area contributed by atoms with Gasteiger partial charge in [-0.25, -0.2) is 9.78 Å². The summed E-state index contributed by atoms with van der Waals surface area (Å²) < 4.78 is 5.19. The topological polar surface area (TPSA) is 178 Å². The van der Waals surface area contributed by atoms with Crippen molar-refractivity contribution in [3.63, 3.8) is 0 Å². The number of aliphatic hydroxyl groups is 1. The first-order valence-corrected chi connectivity index (χ1v) is 16.8. The van der Waals surface area contributed by atoms with Gasteiger partial charge in [0.1, 0.15) is 0 Å². The highest BCUT2D eigenvalue weighted by molar-refractivity contribution is 6.25. The van der Waals surface area contributed by atoms with Crippen LogP contribution in [0.1, 0.15) is 122 Å². The van der Waals surface area contributed by atoms with Crippen LogP contribution in [-0.2, 0) is 32.0 Å². The number of H-pyrrole nitrogens is 2. The largest absolute Gasteiger partial charge is 0.481 e. The van der Waals surface area contributed by atoms with Gasteiger partial charge in [-0.05, 0) is 98.9 Å². The van der Waals surface area contributed by atoms with E-state index >= 15 is 0 Å². The van der Waals surface area contributed by atoms with E-state index in [2.05, 4.69) is 36.8 Å². The van der Waals surface area contributed by atoms with Gasteiger partial charge < -0.3 is 30.0 Å². The van der Waals surface area contributed by atoms with Crippen LogP contribution in [0.4, 0.5) is 0 Å². The molecule has 0 saturated heterocycles. The van der Waals surface area contributed by atoms with Crippen molar-refractivity contribution >= 4 is 51.1 Å². The highest BCUT2D eigenvalue weighted by atomic mass is 16.5. The van der Waals surface area contributed by atoms with E-state index in [1.165, 1.54) is 7.11 Å². The number of aryl methyl sites for hydroxylation is 3. The van der Waals surface area contributed by atoms with Crippen molar-refractivity contribution in [1.29, 1.82) is 0 Å². The van der Waals surface area contributed by atoms with Gasteiger partial charge in [0, 0.05) is 51.6 Å². The molecule has 0 saturated carbocycles. The zero-order valence-electron chi connectivity index (χ0n) is 29.4. The Balaban J connectivity index is 2.03. The highest BCUT2D eigenvalue weighted by Crippen LogP contribution is 2.44. The lowest BCUT2D eigenvalue weighted by Gasteiger charge is -2.17. The van der Waals surface area contributed by atoms with Crippen molar-refractivity contribution in [2.45, 2.75) is 104 Å². The molecule has 5 N–H and O–H groups in total. The molecule has 0 radical (unpaired) electrons. The van der Waals surface area contributed by atoms with Crippen LogP contribution >= 0.6 is 0 Å². The molecule has 5 heterocycles. The number of carboxylic acids is 2. The number of hydrogen-bond acceptors (Lipinski definition) is 7. The lowest BCUT2D eigenvalue weighted by atomic mass is 9.84. The summed E-state index contributed by atoms with van der Waals surface area (Å²) in [6.45, 7) is 13.8. The number of hydrogen-bond donors (Lipinski definition) is 5. The second-order valence-electron chi connectivity index (χ2n) is 13.5. The molecule has 2 aliphatic heterocycles. The molecule has 4 atom stereocenters. The number of methoxy groups -OCH3 is 1. The fraction of sp³-hybridized carbons (Fsp3) is 0.447. The summed E-state index contributed by atoms with van der Waals surface area (Å²) in [6.07, 6.45) is 0.381. The second kappa shape index (κ2) is 14.0. The number of nitrogens with zero attached hydrogens (tertiary/aromatic N) is 2. The maximum atomic E-state index is 13.4. The molecule has 11 nitrogen and oxygen atoms in total. The zero-order valence-corrected chi connectivity index (χ0v) is 29.4. The van der Waals surface area contributed by atoms with Crippen molar-refractivity contribution in [1.82, 2.24) is 19.9 Å². The summed E-state index contributed by atoms with van der Waals surface area (Å²) >= 11 is 0. The summed E-state index contributed by atoms with van der Waals surface area (Å²) in [5, 5.41) is 30.1. The molecule has 11 heteroatoms. The lowest BCUT2D eigenvalue weighted by Crippen LogP contribution is -2.13. The number of aliphatic carboxylic acids is 2. The Labute approximate surface area is 285 Å². The smallest absolute Gasteiger partial charge is 0.340 e. The Morgan fingerprint density at radius 2 is 1.59 bits per heavy atom. The van der Waals surface area contributed by atoms with Gasteiger partial charge in [-0.15, -0.1) is 0 Å². The minimum absolute atomic E-state index is 0.0218. The average Bonchev–Trinajstić information content (AvgIpc) is 3.71. The van der Waals surface area contributed by atoms with E-state index in [1.54, 1.807) is 13.8 Å². The summed E-state index contributed by atoms with van der Waals surface area (Å²) in [5.41, 5.74) is 10.4. The third-order valence-corrected chi connectivity index (χ3v) is 10.1. The van der Waals surface area contributed by atoms with E-state index in [0.29, 0.717) is 29.1 Å². The van der Waals surface area contributed by atoms with Crippen LogP contribution in [-0.4, -0.2) is 66.4 Å². The number of aliphatic hydroxyl groups excluding tert-OH is 1. The molecule has 0 aromatic carbocycles. The first-order valence-electron chi connectivity index (χ1n) is 16.8. The highest BCUT2D eigenvalue weighted by Gasteiger charge is 2.36. The summed E-state index contributed by atoms with van der Waals surface area (Å²) in [7, 11) is 1.27. The molecular weight excluding hydrogens is 624 g/mol. The fourth-order valence-electron chi connectivity index (χ4n) is 7.62. The van der Waals surface area contributed by atoms with E-state index in [4.69, 9.17) is 14.7 Å². The molecule has 3 aromatic rings. The maximum absolute atomic E-state index is 13.4. The van der Waals surface area contributed by atoms with Crippen LogP contribution in [0.15, 0.2) is 18.2 Å². The standard InChI is InChI=1S/C38H46N4O7/c1-9-23-19(4)26-16-31-34(17(2)12-18(3)43)21(6)28(40-31)14-27-20(5)24(10-11-32(44)45)36(41-27)25(13-33(46)47)37-35(38(48)49-8)22(7)29(42-37)15-30(23)39-26/h14-18,20,24,39-40,43H,9-13H2,1-8H3,(H,44,45)(H,46,47)/t17?,18?,20-,24-/m0/s1. The van der Waals surface area contributed by atoms with E-state index in [-0.39, 0.29) is 41.5 Å². The molecule has 0 amide bonds. The van der Waals surface area contributed by atoms with Crippen molar-refractivity contribution < 1.29 is 34.4 Å². The Kier molecular flexibility index (Phi) is 10.1. The molecule has 8 bridgehead atoms. The molecule has 260 valence electrons. The number of carbonyl (C=O) groups excluding carboxylic acids is 1. The van der Waals surface area contributed by atoms with Crippen LogP contribution < -0.4 is 0 Å². The SMILES string of the molecule is CCc1c(C)c2cc3[nH]c(cc4nc(c(CC(=O)O)c5nc(cc1[nH]2)C(C)=C5C(=O)OC)[C@@H](CCC(=O)O)[C@@H]4C)c(C)c3C(C)CC(C)O. The Hall–Kier alpha value is -4.77. The van der Waals surface area contributed by atoms with Gasteiger partial charge in [0.2, 0.25) is 0 Å². The summed E-state index contributed by atoms with van der Waals surface area (Å²) in [4.78, 5) is 54.7. The first-order chi connectivity index (χ1) is 23.2. The third-order valence-electron chi connectivity index (χ3n) is 10.1. The first kappa shape index (κ1) is 35.5. The van der Waals surface area contributed by atoms with Gasteiger partial charge in [-0.3, -0.25) is 14.6 Å². The van der Waals surface area contributed by atoms with Gasteiger partial charge in [0.05, 0.1) is 42.3 Å². The summed E-state index contributed by atoms with van der Waals surface area (Å²) in [6, 6.07) is 5.93. The third kappa shape index (κ3) is 6.76. The number of esters is 1. The number of carboxylic acid groups (broad SMARTS) is 2. The number of ether oxygens (including phenoxy) is 1. The normalized spacial score (nSPS) is 17.2. The molecule has 2 aliphatic rings. The Morgan fingerprint density at radius 3 is 2.20 bits per heavy atom. The van der Waals surface area contributed by atoms with E-state index in [1.807, 2.05) is 26.0 Å². The Bertz CT molecular complexity index is 2030. The van der Waals surface area contributed by atoms with Gasteiger partial charge in [0.25, 0.3) is 0 Å². The predicted octanol–water partition coefficient (Wildman–Crippen LogP) is 6.85. The molecule has 0 aliphatic carbocycles. The molecule has 0 spiro atoms. The minimum atomic E-state index is -1.13. The van der Waals surface area contributed by atoms with Gasteiger partial charge in [-0.2, -0.15) is 0 Å². The summed E-state index contributed by atoms with van der Waals surface area (Å²) in [5.74, 6) is -3.45. The second-order valence-corrected chi connectivity index (χ2v) is 13.5. The van der Waals surface area contributed by atoms with E-state index in [9.17, 15) is 29.7 Å². The fourth-order valence-corrected chi connectivity index (χ4v) is 7.62. The number of aromatic nitrogens is 4. The quantitative estimate of drug-likeness (QED) is 0.144. The average molecular weight is 671 g/mol. The van der Waals surface area contributed by atoms with Crippen molar-refractivity contribution in [2.75, 3.05) is 7.11 Å². The monoisotopic (exact) mass is 670 g/mol. The number of allylic oxidation sites excluding steroid dienone is 1. The Morgan fingerprint density at radius 1 is 0.918 bits per heavy atom. The van der Waals surface area contributed by atoms with E-state index in [0.717, 1.165) is 50.7 Å². The van der Waals surface area contributed by atoms with Crippen LogP contribution in [0.3, 0.4) is 0 Å². The van der Waals surface area contributed by atoms with Gasteiger partial charge in [0.15, 0.2) is 0 Å². The van der Waals surface area contributed by atoms with Crippen LogP contribution in [0.25, 0.3) is 33.2 Å². The van der Waals surface area contributed by atoms with Crippen LogP contribution in [0.2, 0.25) is 0 Å². The number of carbonyl (C=O) groups is 3. The number of fused-ring (bicyclic) bond motifs is 8. The van der Waals surface area contributed by atoms with Crippen LogP contribution in [0, 0.1) is 13.8 Å². The minimum Gasteiger partial charge on any atom is -0.481 e. The molecule has 2 unspecified atom stereocenters. The van der Waals surface area contributed by atoms with Crippen molar-refractivity contribution in [3.05, 3.63) is 68.8 Å². The zero-order chi connectivity index (χ0) is 35.9. The molecular formula is C38H46N4O7. The molecule has 5 rings (SSSR count). The van der Waals surface area contributed by atoms with E-state index < -0.39 is 36.4 Å². The molecule has 0 fully saturated rings.